The smallest absolute Gasteiger partial charge is 0.336 e. The van der Waals surface area contributed by atoms with Crippen LogP contribution in [0.5, 0.6) is 17.2 Å². The Morgan fingerprint density at radius 3 is 2.71 bits per heavy atom. The van der Waals surface area contributed by atoms with Gasteiger partial charge in [0.05, 0.1) is 0 Å². The van der Waals surface area contributed by atoms with E-state index in [-0.39, 0.29) is 11.5 Å². The number of hydrogen-bond acceptors (Lipinski definition) is 5. The van der Waals surface area contributed by atoms with Crippen molar-refractivity contribution in [3.8, 4) is 17.2 Å². The number of aryl methyl sites for hydroxylation is 1. The van der Waals surface area contributed by atoms with Crippen LogP contribution >= 0.6 is 0 Å². The van der Waals surface area contributed by atoms with E-state index in [0.717, 1.165) is 11.1 Å². The SMILES string of the molecule is Cc1ccc2cccc(OC(=O)/C=C/c3ccc(O)c(O)c3)c2n1. The maximum absolute atomic E-state index is 12.0. The minimum atomic E-state index is -0.557. The maximum Gasteiger partial charge on any atom is 0.336 e. The summed E-state index contributed by atoms with van der Waals surface area (Å²) >= 11 is 0. The molecule has 1 aromatic heterocycles. The summed E-state index contributed by atoms with van der Waals surface area (Å²) in [4.78, 5) is 16.4. The number of carbonyl (C=O) groups excluding carboxylic acids is 1. The molecule has 0 fully saturated rings. The minimum absolute atomic E-state index is 0.216. The molecule has 0 aliphatic carbocycles. The number of benzene rings is 2. The van der Waals surface area contributed by atoms with Crippen molar-refractivity contribution < 1.29 is 19.7 Å². The molecule has 0 aliphatic heterocycles. The zero-order valence-corrected chi connectivity index (χ0v) is 12.9. The Kier molecular flexibility index (Phi) is 4.16. The van der Waals surface area contributed by atoms with Gasteiger partial charge in [-0.15, -0.1) is 0 Å². The molecule has 0 amide bonds. The van der Waals surface area contributed by atoms with Crippen molar-refractivity contribution in [2.75, 3.05) is 0 Å². The van der Waals surface area contributed by atoms with Crippen LogP contribution in [0.2, 0.25) is 0 Å². The number of ether oxygens (including phenoxy) is 1. The average Bonchev–Trinajstić information content (AvgIpc) is 2.56. The monoisotopic (exact) mass is 321 g/mol. The topological polar surface area (TPSA) is 79.7 Å². The second-order valence-corrected chi connectivity index (χ2v) is 5.28. The van der Waals surface area contributed by atoms with Gasteiger partial charge in [-0.05, 0) is 42.8 Å². The Morgan fingerprint density at radius 2 is 1.92 bits per heavy atom. The third-order valence-electron chi connectivity index (χ3n) is 3.44. The van der Waals surface area contributed by atoms with Crippen LogP contribution < -0.4 is 4.74 Å². The number of hydrogen-bond donors (Lipinski definition) is 2. The van der Waals surface area contributed by atoms with E-state index in [4.69, 9.17) is 4.74 Å². The van der Waals surface area contributed by atoms with Gasteiger partial charge in [-0.1, -0.05) is 24.3 Å². The molecule has 5 heteroatoms. The number of aromatic nitrogens is 1. The van der Waals surface area contributed by atoms with E-state index in [2.05, 4.69) is 4.98 Å². The predicted octanol–water partition coefficient (Wildman–Crippen LogP) is 3.57. The van der Waals surface area contributed by atoms with E-state index in [0.29, 0.717) is 16.8 Å². The largest absolute Gasteiger partial charge is 0.504 e. The van der Waals surface area contributed by atoms with Gasteiger partial charge in [0.25, 0.3) is 0 Å². The number of nitrogens with zero attached hydrogens (tertiary/aromatic N) is 1. The van der Waals surface area contributed by atoms with Gasteiger partial charge in [0, 0.05) is 17.2 Å². The summed E-state index contributed by atoms with van der Waals surface area (Å²) in [7, 11) is 0. The summed E-state index contributed by atoms with van der Waals surface area (Å²) in [5.74, 6) is -0.635. The number of aromatic hydroxyl groups is 2. The van der Waals surface area contributed by atoms with Gasteiger partial charge in [-0.25, -0.2) is 9.78 Å². The van der Waals surface area contributed by atoms with Crippen LogP contribution in [-0.2, 0) is 4.79 Å². The van der Waals surface area contributed by atoms with Crippen LogP contribution in [0.15, 0.2) is 54.6 Å². The Balaban J connectivity index is 1.81. The molecule has 120 valence electrons. The molecule has 0 spiro atoms. The van der Waals surface area contributed by atoms with E-state index in [1.807, 2.05) is 25.1 Å². The van der Waals surface area contributed by atoms with Gasteiger partial charge >= 0.3 is 5.97 Å². The first kappa shape index (κ1) is 15.6. The first-order chi connectivity index (χ1) is 11.5. The number of phenolic OH excluding ortho intramolecular Hbond substituents is 2. The number of pyridine rings is 1. The molecule has 3 rings (SSSR count). The quantitative estimate of drug-likeness (QED) is 0.334. The highest BCUT2D eigenvalue weighted by Crippen LogP contribution is 2.26. The fourth-order valence-electron chi connectivity index (χ4n) is 2.25. The van der Waals surface area contributed by atoms with Crippen molar-refractivity contribution in [1.29, 1.82) is 0 Å². The van der Waals surface area contributed by atoms with Crippen molar-refractivity contribution in [2.24, 2.45) is 0 Å². The van der Waals surface area contributed by atoms with E-state index in [1.165, 1.54) is 24.3 Å². The van der Waals surface area contributed by atoms with E-state index in [1.54, 1.807) is 18.2 Å². The summed E-state index contributed by atoms with van der Waals surface area (Å²) in [6.07, 6.45) is 2.74. The van der Waals surface area contributed by atoms with Crippen LogP contribution in [0.3, 0.4) is 0 Å². The average molecular weight is 321 g/mol. The van der Waals surface area contributed by atoms with Gasteiger partial charge < -0.3 is 14.9 Å². The summed E-state index contributed by atoms with van der Waals surface area (Å²) in [6.45, 7) is 1.87. The highest BCUT2D eigenvalue weighted by atomic mass is 16.5. The Morgan fingerprint density at radius 1 is 1.08 bits per heavy atom. The molecule has 0 saturated carbocycles. The lowest BCUT2D eigenvalue weighted by molar-refractivity contribution is -0.128. The van der Waals surface area contributed by atoms with E-state index >= 15 is 0 Å². The molecule has 5 nitrogen and oxygen atoms in total. The number of phenols is 2. The second kappa shape index (κ2) is 6.42. The summed E-state index contributed by atoms with van der Waals surface area (Å²) in [5.41, 5.74) is 2.02. The van der Waals surface area contributed by atoms with Crippen molar-refractivity contribution in [3.63, 3.8) is 0 Å². The zero-order valence-electron chi connectivity index (χ0n) is 12.9. The normalized spacial score (nSPS) is 11.0. The number of carbonyl (C=O) groups is 1. The third-order valence-corrected chi connectivity index (χ3v) is 3.44. The van der Waals surface area contributed by atoms with Crippen molar-refractivity contribution >= 4 is 22.9 Å². The fraction of sp³-hybridized carbons (Fsp3) is 0.0526. The lowest BCUT2D eigenvalue weighted by Gasteiger charge is -2.06. The van der Waals surface area contributed by atoms with Crippen LogP contribution in [0.4, 0.5) is 0 Å². The zero-order chi connectivity index (χ0) is 17.1. The maximum atomic E-state index is 12.0. The molecule has 0 atom stereocenters. The molecule has 3 aromatic rings. The third kappa shape index (κ3) is 3.35. The second-order valence-electron chi connectivity index (χ2n) is 5.28. The summed E-state index contributed by atoms with van der Waals surface area (Å²) in [5, 5.41) is 19.6. The predicted molar refractivity (Wildman–Crippen MR) is 90.9 cm³/mol. The molecule has 24 heavy (non-hydrogen) atoms. The molecule has 2 N–H and O–H groups in total. The molecule has 0 bridgehead atoms. The molecule has 0 radical (unpaired) electrons. The standard InChI is InChI=1S/C19H15NO4/c1-12-5-8-14-3-2-4-17(19(14)20-12)24-18(23)10-7-13-6-9-15(21)16(22)11-13/h2-11,21-22H,1H3/b10-7+. The van der Waals surface area contributed by atoms with Crippen LogP contribution in [0.1, 0.15) is 11.3 Å². The van der Waals surface area contributed by atoms with Crippen molar-refractivity contribution in [1.82, 2.24) is 4.98 Å². The lowest BCUT2D eigenvalue weighted by atomic mass is 10.2. The Labute approximate surface area is 138 Å². The number of fused-ring (bicyclic) bond motifs is 1. The molecular weight excluding hydrogens is 306 g/mol. The molecule has 2 aromatic carbocycles. The fourth-order valence-corrected chi connectivity index (χ4v) is 2.25. The number of para-hydroxylation sites is 1. The Hall–Kier alpha value is -3.34. The van der Waals surface area contributed by atoms with Gasteiger partial charge in [0.1, 0.15) is 5.52 Å². The summed E-state index contributed by atoms with van der Waals surface area (Å²) < 4.78 is 5.36. The lowest BCUT2D eigenvalue weighted by Crippen LogP contribution is -2.04. The van der Waals surface area contributed by atoms with Gasteiger partial charge in [0.15, 0.2) is 17.2 Å². The van der Waals surface area contributed by atoms with Crippen LogP contribution in [0.25, 0.3) is 17.0 Å². The first-order valence-corrected chi connectivity index (χ1v) is 7.31. The molecular formula is C19H15NO4. The molecule has 1 heterocycles. The minimum Gasteiger partial charge on any atom is -0.504 e. The van der Waals surface area contributed by atoms with Gasteiger partial charge in [-0.3, -0.25) is 0 Å². The molecule has 0 unspecified atom stereocenters. The number of esters is 1. The van der Waals surface area contributed by atoms with Crippen molar-refractivity contribution in [2.45, 2.75) is 6.92 Å². The van der Waals surface area contributed by atoms with Crippen LogP contribution in [-0.4, -0.2) is 21.2 Å². The summed E-state index contributed by atoms with van der Waals surface area (Å²) in [6, 6.07) is 13.5. The Bertz CT molecular complexity index is 947. The van der Waals surface area contributed by atoms with E-state index < -0.39 is 5.97 Å². The van der Waals surface area contributed by atoms with Gasteiger partial charge in [-0.2, -0.15) is 0 Å². The van der Waals surface area contributed by atoms with Crippen molar-refractivity contribution in [3.05, 3.63) is 65.9 Å². The molecule has 0 aliphatic rings. The highest BCUT2D eigenvalue weighted by Gasteiger charge is 2.07. The number of rotatable bonds is 3. The molecule has 0 saturated heterocycles. The first-order valence-electron chi connectivity index (χ1n) is 7.31. The van der Waals surface area contributed by atoms with Crippen LogP contribution in [0, 0.1) is 6.92 Å². The van der Waals surface area contributed by atoms with Gasteiger partial charge in [0.2, 0.25) is 0 Å². The van der Waals surface area contributed by atoms with E-state index in [9.17, 15) is 15.0 Å². The highest BCUT2D eigenvalue weighted by molar-refractivity contribution is 5.92.